The van der Waals surface area contributed by atoms with E-state index >= 15 is 0 Å². The summed E-state index contributed by atoms with van der Waals surface area (Å²) in [6.07, 6.45) is 0. The summed E-state index contributed by atoms with van der Waals surface area (Å²) in [5.74, 6) is 0. The Morgan fingerprint density at radius 2 is 1.79 bits per heavy atom. The number of carbonyl (C=O) groups excluding carboxylic acids is 2. The number of urea groups is 2. The van der Waals surface area contributed by atoms with E-state index in [0.717, 1.165) is 0 Å². The molecule has 14 heavy (non-hydrogen) atoms. The molecule has 0 atom stereocenters. The van der Waals surface area contributed by atoms with Crippen molar-refractivity contribution in [3.05, 3.63) is 0 Å². The minimum atomic E-state index is -0.572. The topological polar surface area (TPSA) is 105 Å². The number of nitrogens with two attached hydrogens (primary N) is 1. The molecule has 4 amide bonds. The zero-order valence-corrected chi connectivity index (χ0v) is 8.13. The van der Waals surface area contributed by atoms with Gasteiger partial charge in [-0.25, -0.2) is 9.59 Å². The summed E-state index contributed by atoms with van der Waals surface area (Å²) in [4.78, 5) is 20.8. The Morgan fingerprint density at radius 3 is 2.29 bits per heavy atom. The number of ether oxygens (including phenoxy) is 1. The predicted molar refractivity (Wildman–Crippen MR) is 50.9 cm³/mol. The van der Waals surface area contributed by atoms with Crippen molar-refractivity contribution in [3.63, 3.8) is 0 Å². The molecular weight excluding hydrogens is 188 g/mol. The highest BCUT2D eigenvalue weighted by atomic mass is 16.5. The van der Waals surface area contributed by atoms with Crippen LogP contribution in [0.5, 0.6) is 0 Å². The van der Waals surface area contributed by atoms with Crippen LogP contribution < -0.4 is 21.7 Å². The second-order valence-corrected chi connectivity index (χ2v) is 2.41. The van der Waals surface area contributed by atoms with E-state index in [1.165, 1.54) is 7.05 Å². The van der Waals surface area contributed by atoms with Crippen molar-refractivity contribution in [2.45, 2.75) is 0 Å². The van der Waals surface area contributed by atoms with Gasteiger partial charge in [0.15, 0.2) is 0 Å². The minimum Gasteiger partial charge on any atom is -0.378 e. The van der Waals surface area contributed by atoms with Crippen LogP contribution in [0.3, 0.4) is 0 Å². The lowest BCUT2D eigenvalue weighted by Gasteiger charge is -2.05. The van der Waals surface area contributed by atoms with Crippen molar-refractivity contribution in [2.75, 3.05) is 33.4 Å². The first kappa shape index (κ1) is 12.5. The molecule has 0 saturated heterocycles. The fraction of sp³-hybridized carbons (Fsp3) is 0.714. The maximum absolute atomic E-state index is 10.6. The molecule has 0 heterocycles. The fourth-order valence-corrected chi connectivity index (χ4v) is 0.674. The van der Waals surface area contributed by atoms with Crippen LogP contribution in [0.1, 0.15) is 0 Å². The molecule has 7 nitrogen and oxygen atoms in total. The quantitative estimate of drug-likeness (QED) is 0.400. The van der Waals surface area contributed by atoms with Crippen molar-refractivity contribution in [1.29, 1.82) is 0 Å². The summed E-state index contributed by atoms with van der Waals surface area (Å²) in [5.41, 5.74) is 4.82. The van der Waals surface area contributed by atoms with Gasteiger partial charge < -0.3 is 26.4 Å². The molecule has 0 aromatic rings. The van der Waals surface area contributed by atoms with Gasteiger partial charge in [0.25, 0.3) is 0 Å². The van der Waals surface area contributed by atoms with Gasteiger partial charge in [-0.05, 0) is 0 Å². The van der Waals surface area contributed by atoms with Crippen LogP contribution in [-0.4, -0.2) is 45.4 Å². The number of amides is 4. The molecule has 0 spiro atoms. The van der Waals surface area contributed by atoms with Gasteiger partial charge in [-0.2, -0.15) is 0 Å². The van der Waals surface area contributed by atoms with Crippen LogP contribution in [0.15, 0.2) is 0 Å². The van der Waals surface area contributed by atoms with Gasteiger partial charge in [0.1, 0.15) is 0 Å². The smallest absolute Gasteiger partial charge is 0.314 e. The van der Waals surface area contributed by atoms with E-state index in [1.807, 2.05) is 0 Å². The zero-order valence-electron chi connectivity index (χ0n) is 8.13. The Kier molecular flexibility index (Phi) is 7.24. The molecule has 0 rings (SSSR count). The number of hydrogen-bond acceptors (Lipinski definition) is 3. The average Bonchev–Trinajstić information content (AvgIpc) is 2.15. The number of rotatable bonds is 6. The Hall–Kier alpha value is -1.50. The molecule has 0 bridgehead atoms. The van der Waals surface area contributed by atoms with E-state index < -0.39 is 6.03 Å². The van der Waals surface area contributed by atoms with Crippen molar-refractivity contribution >= 4 is 12.1 Å². The lowest BCUT2D eigenvalue weighted by atomic mass is 10.6. The molecular formula is C7H16N4O3. The SMILES string of the molecule is CNC(=O)NCCOCCNC(N)=O. The Labute approximate surface area is 82.4 Å². The summed E-state index contributed by atoms with van der Waals surface area (Å²) >= 11 is 0. The van der Waals surface area contributed by atoms with E-state index in [9.17, 15) is 9.59 Å². The van der Waals surface area contributed by atoms with E-state index in [0.29, 0.717) is 26.3 Å². The molecule has 0 aromatic heterocycles. The van der Waals surface area contributed by atoms with Gasteiger partial charge in [-0.15, -0.1) is 0 Å². The van der Waals surface area contributed by atoms with E-state index in [4.69, 9.17) is 10.5 Å². The molecule has 0 saturated carbocycles. The Bertz CT molecular complexity index is 186. The van der Waals surface area contributed by atoms with Crippen LogP contribution in [-0.2, 0) is 4.74 Å². The minimum absolute atomic E-state index is 0.246. The maximum Gasteiger partial charge on any atom is 0.314 e. The first-order valence-electron chi connectivity index (χ1n) is 4.23. The normalized spacial score (nSPS) is 9.21. The number of hydrogen-bond donors (Lipinski definition) is 4. The summed E-state index contributed by atoms with van der Waals surface area (Å²) in [6.45, 7) is 1.57. The second-order valence-electron chi connectivity index (χ2n) is 2.41. The first-order valence-corrected chi connectivity index (χ1v) is 4.23. The highest BCUT2D eigenvalue weighted by molar-refractivity contribution is 5.73. The van der Waals surface area contributed by atoms with Gasteiger partial charge in [0.05, 0.1) is 13.2 Å². The first-order chi connectivity index (χ1) is 6.66. The lowest BCUT2D eigenvalue weighted by Crippen LogP contribution is -2.36. The molecule has 0 aliphatic heterocycles. The molecule has 7 heteroatoms. The van der Waals surface area contributed by atoms with E-state index in [-0.39, 0.29) is 6.03 Å². The average molecular weight is 204 g/mol. The molecule has 0 aromatic carbocycles. The summed E-state index contributed by atoms with van der Waals surface area (Å²) in [7, 11) is 1.53. The van der Waals surface area contributed by atoms with Crippen molar-refractivity contribution in [1.82, 2.24) is 16.0 Å². The van der Waals surface area contributed by atoms with Gasteiger partial charge in [0.2, 0.25) is 0 Å². The molecule has 0 aliphatic rings. The molecule has 5 N–H and O–H groups in total. The summed E-state index contributed by atoms with van der Waals surface area (Å²) in [5, 5.41) is 7.32. The molecule has 0 fully saturated rings. The van der Waals surface area contributed by atoms with Crippen molar-refractivity contribution < 1.29 is 14.3 Å². The largest absolute Gasteiger partial charge is 0.378 e. The number of carbonyl (C=O) groups is 2. The van der Waals surface area contributed by atoms with E-state index in [2.05, 4.69) is 16.0 Å². The van der Waals surface area contributed by atoms with Gasteiger partial charge in [0, 0.05) is 20.1 Å². The highest BCUT2D eigenvalue weighted by Crippen LogP contribution is 1.72. The lowest BCUT2D eigenvalue weighted by molar-refractivity contribution is 0.139. The molecule has 0 unspecified atom stereocenters. The number of nitrogens with one attached hydrogen (secondary N) is 3. The van der Waals surface area contributed by atoms with Gasteiger partial charge >= 0.3 is 12.1 Å². The van der Waals surface area contributed by atoms with Crippen molar-refractivity contribution in [3.8, 4) is 0 Å². The molecule has 0 radical (unpaired) electrons. The van der Waals surface area contributed by atoms with E-state index in [1.54, 1.807) is 0 Å². The standard InChI is InChI=1S/C7H16N4O3/c1-9-7(13)11-3-5-14-4-2-10-6(8)12/h2-5H2,1H3,(H3,8,10,12)(H2,9,11,13). The van der Waals surface area contributed by atoms with Gasteiger partial charge in [-0.3, -0.25) is 0 Å². The highest BCUT2D eigenvalue weighted by Gasteiger charge is 1.94. The third kappa shape index (κ3) is 8.60. The number of primary amides is 1. The second kappa shape index (κ2) is 8.11. The van der Waals surface area contributed by atoms with Crippen molar-refractivity contribution in [2.24, 2.45) is 5.73 Å². The molecule has 0 aliphatic carbocycles. The zero-order chi connectivity index (χ0) is 10.8. The van der Waals surface area contributed by atoms with Crippen LogP contribution >= 0.6 is 0 Å². The summed E-state index contributed by atoms with van der Waals surface area (Å²) in [6, 6.07) is -0.819. The van der Waals surface area contributed by atoms with Crippen LogP contribution in [0.4, 0.5) is 9.59 Å². The third-order valence-electron chi connectivity index (χ3n) is 1.30. The molecule has 82 valence electrons. The summed E-state index contributed by atoms with van der Waals surface area (Å²) < 4.78 is 5.07. The monoisotopic (exact) mass is 204 g/mol. The Morgan fingerprint density at radius 1 is 1.21 bits per heavy atom. The van der Waals surface area contributed by atoms with Crippen LogP contribution in [0.25, 0.3) is 0 Å². The van der Waals surface area contributed by atoms with Gasteiger partial charge in [-0.1, -0.05) is 0 Å². The van der Waals surface area contributed by atoms with Crippen LogP contribution in [0, 0.1) is 0 Å². The maximum atomic E-state index is 10.6. The Balaban J connectivity index is 3.06. The third-order valence-corrected chi connectivity index (χ3v) is 1.30. The van der Waals surface area contributed by atoms with Crippen LogP contribution in [0.2, 0.25) is 0 Å². The fourth-order valence-electron chi connectivity index (χ4n) is 0.674. The predicted octanol–water partition coefficient (Wildman–Crippen LogP) is -1.40.